The lowest BCUT2D eigenvalue weighted by Gasteiger charge is -2.36. The average molecular weight is 401 g/mol. The van der Waals surface area contributed by atoms with E-state index in [2.05, 4.69) is 5.32 Å². The number of benzene rings is 1. The molecule has 0 spiro atoms. The van der Waals surface area contributed by atoms with Gasteiger partial charge in [-0.1, -0.05) is 57.4 Å². The van der Waals surface area contributed by atoms with Gasteiger partial charge in [-0.25, -0.2) is 0 Å². The average Bonchev–Trinajstić information content (AvgIpc) is 3.17. The SMILES string of the molecule is CCCCN1C(=O)C2C(c3cc(C)ccc3C)NC(C(=O)O)(C(C)CC)C2C1=O. The summed E-state index contributed by atoms with van der Waals surface area (Å²) in [6.45, 7) is 10.1. The molecular formula is C23H32N2O4. The van der Waals surface area contributed by atoms with E-state index in [1.165, 1.54) is 4.90 Å². The lowest BCUT2D eigenvalue weighted by atomic mass is 9.71. The number of rotatable bonds is 7. The second-order valence-corrected chi connectivity index (χ2v) is 8.65. The fourth-order valence-electron chi connectivity index (χ4n) is 5.08. The van der Waals surface area contributed by atoms with E-state index >= 15 is 0 Å². The van der Waals surface area contributed by atoms with Gasteiger partial charge >= 0.3 is 5.97 Å². The summed E-state index contributed by atoms with van der Waals surface area (Å²) in [4.78, 5) is 40.7. The molecule has 5 atom stereocenters. The predicted molar refractivity (Wildman–Crippen MR) is 110 cm³/mol. The molecule has 0 radical (unpaired) electrons. The minimum absolute atomic E-state index is 0.238. The van der Waals surface area contributed by atoms with Gasteiger partial charge in [0.1, 0.15) is 5.54 Å². The van der Waals surface area contributed by atoms with Crippen LogP contribution < -0.4 is 5.32 Å². The van der Waals surface area contributed by atoms with Gasteiger partial charge in [0.15, 0.2) is 0 Å². The molecule has 2 amide bonds. The first kappa shape index (κ1) is 21.5. The Hall–Kier alpha value is -2.21. The van der Waals surface area contributed by atoms with Crippen molar-refractivity contribution in [1.82, 2.24) is 10.2 Å². The van der Waals surface area contributed by atoms with Crippen molar-refractivity contribution >= 4 is 17.8 Å². The topological polar surface area (TPSA) is 86.7 Å². The highest BCUT2D eigenvalue weighted by Gasteiger charge is 2.69. The van der Waals surface area contributed by atoms with Gasteiger partial charge < -0.3 is 5.11 Å². The van der Waals surface area contributed by atoms with Crippen molar-refractivity contribution in [2.75, 3.05) is 6.54 Å². The summed E-state index contributed by atoms with van der Waals surface area (Å²) in [5.41, 5.74) is 1.49. The molecule has 5 unspecified atom stereocenters. The zero-order valence-electron chi connectivity index (χ0n) is 18.0. The van der Waals surface area contributed by atoms with Crippen molar-refractivity contribution in [3.05, 3.63) is 34.9 Å². The smallest absolute Gasteiger partial charge is 0.325 e. The van der Waals surface area contributed by atoms with Gasteiger partial charge in [-0.3, -0.25) is 24.6 Å². The van der Waals surface area contributed by atoms with Gasteiger partial charge in [0, 0.05) is 12.6 Å². The van der Waals surface area contributed by atoms with E-state index in [-0.39, 0.29) is 17.7 Å². The Balaban J connectivity index is 2.18. The van der Waals surface area contributed by atoms with Crippen LogP contribution in [0.25, 0.3) is 0 Å². The summed E-state index contributed by atoms with van der Waals surface area (Å²) in [5.74, 6) is -3.50. The molecular weight excluding hydrogens is 368 g/mol. The monoisotopic (exact) mass is 400 g/mol. The number of aliphatic carboxylic acids is 1. The van der Waals surface area contributed by atoms with Crippen LogP contribution in [0.5, 0.6) is 0 Å². The third kappa shape index (κ3) is 3.18. The largest absolute Gasteiger partial charge is 0.480 e. The number of carboxylic acids is 1. The summed E-state index contributed by atoms with van der Waals surface area (Å²) in [5, 5.41) is 13.6. The van der Waals surface area contributed by atoms with E-state index in [9.17, 15) is 19.5 Å². The number of unbranched alkanes of at least 4 members (excludes halogenated alkanes) is 1. The molecule has 1 aromatic carbocycles. The molecule has 2 aliphatic rings. The molecule has 2 heterocycles. The minimum atomic E-state index is -1.45. The van der Waals surface area contributed by atoms with Crippen LogP contribution >= 0.6 is 0 Å². The Bertz CT molecular complexity index is 836. The maximum absolute atomic E-state index is 13.4. The molecule has 0 saturated carbocycles. The summed E-state index contributed by atoms with van der Waals surface area (Å²) in [6, 6.07) is 5.50. The first-order valence-electron chi connectivity index (χ1n) is 10.6. The van der Waals surface area contributed by atoms with Gasteiger partial charge in [-0.15, -0.1) is 0 Å². The van der Waals surface area contributed by atoms with Crippen molar-refractivity contribution in [3.8, 4) is 0 Å². The van der Waals surface area contributed by atoms with Crippen molar-refractivity contribution in [2.24, 2.45) is 17.8 Å². The molecule has 2 fully saturated rings. The molecule has 0 aromatic heterocycles. The lowest BCUT2D eigenvalue weighted by molar-refractivity contribution is -0.154. The quantitative estimate of drug-likeness (QED) is 0.686. The van der Waals surface area contributed by atoms with Crippen molar-refractivity contribution in [1.29, 1.82) is 0 Å². The van der Waals surface area contributed by atoms with Gasteiger partial charge in [0.05, 0.1) is 11.8 Å². The zero-order chi connectivity index (χ0) is 21.5. The molecule has 2 N–H and O–H groups in total. The molecule has 0 aliphatic carbocycles. The molecule has 6 heteroatoms. The van der Waals surface area contributed by atoms with E-state index in [0.29, 0.717) is 13.0 Å². The van der Waals surface area contributed by atoms with Crippen LogP contribution in [0.15, 0.2) is 18.2 Å². The van der Waals surface area contributed by atoms with E-state index in [0.717, 1.165) is 29.5 Å². The molecule has 2 saturated heterocycles. The molecule has 158 valence electrons. The Labute approximate surface area is 172 Å². The van der Waals surface area contributed by atoms with Crippen molar-refractivity contribution < 1.29 is 19.5 Å². The second-order valence-electron chi connectivity index (χ2n) is 8.65. The van der Waals surface area contributed by atoms with Crippen molar-refractivity contribution in [3.63, 3.8) is 0 Å². The van der Waals surface area contributed by atoms with Gasteiger partial charge in [-0.2, -0.15) is 0 Å². The van der Waals surface area contributed by atoms with Crippen LogP contribution in [0, 0.1) is 31.6 Å². The van der Waals surface area contributed by atoms with Gasteiger partial charge in [0.2, 0.25) is 11.8 Å². The second kappa shape index (κ2) is 7.90. The summed E-state index contributed by atoms with van der Waals surface area (Å²) in [7, 11) is 0. The highest BCUT2D eigenvalue weighted by Crippen LogP contribution is 2.52. The van der Waals surface area contributed by atoms with Crippen LogP contribution in [-0.4, -0.2) is 39.9 Å². The maximum Gasteiger partial charge on any atom is 0.325 e. The third-order valence-corrected chi connectivity index (χ3v) is 6.94. The zero-order valence-corrected chi connectivity index (χ0v) is 18.0. The Kier molecular flexibility index (Phi) is 5.86. The maximum atomic E-state index is 13.4. The lowest BCUT2D eigenvalue weighted by Crippen LogP contribution is -2.59. The van der Waals surface area contributed by atoms with Crippen LogP contribution in [0.3, 0.4) is 0 Å². The van der Waals surface area contributed by atoms with E-state index < -0.39 is 29.4 Å². The molecule has 29 heavy (non-hydrogen) atoms. The number of nitrogens with zero attached hydrogens (tertiary/aromatic N) is 1. The summed E-state index contributed by atoms with van der Waals surface area (Å²) < 4.78 is 0. The number of imide groups is 1. The van der Waals surface area contributed by atoms with Gasteiger partial charge in [0.25, 0.3) is 0 Å². The molecule has 0 bridgehead atoms. The summed E-state index contributed by atoms with van der Waals surface area (Å²) in [6.07, 6.45) is 2.18. The summed E-state index contributed by atoms with van der Waals surface area (Å²) >= 11 is 0. The number of fused-ring (bicyclic) bond motifs is 1. The first-order chi connectivity index (χ1) is 13.7. The predicted octanol–water partition coefficient (Wildman–Crippen LogP) is 3.22. The molecule has 6 nitrogen and oxygen atoms in total. The highest BCUT2D eigenvalue weighted by molar-refractivity contribution is 6.09. The highest BCUT2D eigenvalue weighted by atomic mass is 16.4. The van der Waals surface area contributed by atoms with Crippen LogP contribution in [0.1, 0.15) is 62.8 Å². The fourth-order valence-corrected chi connectivity index (χ4v) is 5.08. The fraction of sp³-hybridized carbons (Fsp3) is 0.609. The van der Waals surface area contributed by atoms with Crippen LogP contribution in [0.2, 0.25) is 0 Å². The first-order valence-corrected chi connectivity index (χ1v) is 10.6. The van der Waals surface area contributed by atoms with E-state index in [1.54, 1.807) is 0 Å². The number of amides is 2. The van der Waals surface area contributed by atoms with Crippen LogP contribution in [0.4, 0.5) is 0 Å². The molecule has 1 aromatic rings. The standard InChI is InChI=1S/C23H32N2O4/c1-6-8-11-25-20(26)17-18(21(25)27)23(22(28)29,15(5)7-2)24-19(17)16-12-13(3)9-10-14(16)4/h9-10,12,15,17-19,24H,6-8,11H2,1-5H3,(H,28,29). The number of carbonyl (C=O) groups excluding carboxylic acids is 2. The number of aryl methyl sites for hydroxylation is 2. The number of hydrogen-bond donors (Lipinski definition) is 2. The normalized spacial score (nSPS) is 30.0. The van der Waals surface area contributed by atoms with E-state index in [4.69, 9.17) is 0 Å². The third-order valence-electron chi connectivity index (χ3n) is 6.94. The number of hydrogen-bond acceptors (Lipinski definition) is 4. The molecule has 3 rings (SSSR count). The van der Waals surface area contributed by atoms with Crippen LogP contribution in [-0.2, 0) is 14.4 Å². The molecule has 2 aliphatic heterocycles. The Morgan fingerprint density at radius 2 is 1.93 bits per heavy atom. The Morgan fingerprint density at radius 3 is 2.52 bits per heavy atom. The number of likely N-dealkylation sites (tertiary alicyclic amines) is 1. The minimum Gasteiger partial charge on any atom is -0.480 e. The van der Waals surface area contributed by atoms with Gasteiger partial charge in [-0.05, 0) is 37.3 Å². The number of nitrogens with one attached hydrogen (secondary N) is 1. The van der Waals surface area contributed by atoms with Crippen molar-refractivity contribution in [2.45, 2.75) is 65.5 Å². The number of carboxylic acid groups (broad SMARTS) is 1. The number of carbonyl (C=O) groups is 3. The Morgan fingerprint density at radius 1 is 1.24 bits per heavy atom. The van der Waals surface area contributed by atoms with E-state index in [1.807, 2.05) is 52.8 Å².